The third-order valence-corrected chi connectivity index (χ3v) is 2.86. The maximum atomic E-state index is 11.3. The lowest BCUT2D eigenvalue weighted by molar-refractivity contribution is -0.137. The molecule has 0 radical (unpaired) electrons. The molecular formula is C13H20O2. The van der Waals surface area contributed by atoms with Crippen molar-refractivity contribution in [3.8, 4) is 0 Å². The smallest absolute Gasteiger partial charge is 0.330 e. The van der Waals surface area contributed by atoms with Gasteiger partial charge in [0.2, 0.25) is 0 Å². The van der Waals surface area contributed by atoms with Gasteiger partial charge in [-0.05, 0) is 45.4 Å². The number of hydrogen-bond donors (Lipinski definition) is 0. The fourth-order valence-corrected chi connectivity index (χ4v) is 2.00. The SMILES string of the molecule is C=C(C)C1CCC/C(=C/C(=O)OCC)C1. The van der Waals surface area contributed by atoms with Gasteiger partial charge in [0.15, 0.2) is 0 Å². The number of carbonyl (C=O) groups is 1. The second-order valence-electron chi connectivity index (χ2n) is 4.19. The minimum atomic E-state index is -0.199. The van der Waals surface area contributed by atoms with Gasteiger partial charge in [-0.15, -0.1) is 0 Å². The van der Waals surface area contributed by atoms with Gasteiger partial charge in [-0.2, -0.15) is 0 Å². The van der Waals surface area contributed by atoms with Crippen molar-refractivity contribution < 1.29 is 9.53 Å². The Morgan fingerprint density at radius 3 is 3.00 bits per heavy atom. The van der Waals surface area contributed by atoms with Crippen molar-refractivity contribution in [3.63, 3.8) is 0 Å². The largest absolute Gasteiger partial charge is 0.463 e. The summed E-state index contributed by atoms with van der Waals surface area (Å²) in [4.78, 5) is 11.3. The van der Waals surface area contributed by atoms with E-state index in [4.69, 9.17) is 4.74 Å². The Kier molecular flexibility index (Phi) is 4.60. The molecule has 1 rings (SSSR count). The van der Waals surface area contributed by atoms with E-state index in [0.717, 1.165) is 19.3 Å². The van der Waals surface area contributed by atoms with Crippen molar-refractivity contribution in [2.75, 3.05) is 6.61 Å². The lowest BCUT2D eigenvalue weighted by atomic mass is 9.82. The van der Waals surface area contributed by atoms with E-state index in [1.54, 1.807) is 6.08 Å². The molecule has 0 aromatic heterocycles. The first-order valence-corrected chi connectivity index (χ1v) is 5.65. The molecule has 0 N–H and O–H groups in total. The fourth-order valence-electron chi connectivity index (χ4n) is 2.00. The van der Waals surface area contributed by atoms with E-state index in [0.29, 0.717) is 12.5 Å². The molecule has 0 bridgehead atoms. The van der Waals surface area contributed by atoms with Crippen LogP contribution in [-0.4, -0.2) is 12.6 Å². The average molecular weight is 208 g/mol. The molecule has 15 heavy (non-hydrogen) atoms. The first kappa shape index (κ1) is 12.0. The molecule has 0 saturated heterocycles. The van der Waals surface area contributed by atoms with Crippen LogP contribution in [0.25, 0.3) is 0 Å². The molecule has 2 nitrogen and oxygen atoms in total. The lowest BCUT2D eigenvalue weighted by Crippen LogP contribution is -2.11. The van der Waals surface area contributed by atoms with Crippen LogP contribution in [0, 0.1) is 5.92 Å². The summed E-state index contributed by atoms with van der Waals surface area (Å²) in [6.07, 6.45) is 6.04. The molecule has 1 aliphatic rings. The summed E-state index contributed by atoms with van der Waals surface area (Å²) < 4.78 is 4.90. The van der Waals surface area contributed by atoms with E-state index in [-0.39, 0.29) is 5.97 Å². The Morgan fingerprint density at radius 1 is 1.67 bits per heavy atom. The molecule has 1 aliphatic carbocycles. The van der Waals surface area contributed by atoms with Gasteiger partial charge in [-0.3, -0.25) is 0 Å². The molecule has 0 amide bonds. The lowest BCUT2D eigenvalue weighted by Gasteiger charge is -2.24. The van der Waals surface area contributed by atoms with Crippen LogP contribution in [-0.2, 0) is 9.53 Å². The minimum absolute atomic E-state index is 0.199. The topological polar surface area (TPSA) is 26.3 Å². The molecular weight excluding hydrogens is 188 g/mol. The summed E-state index contributed by atoms with van der Waals surface area (Å²) in [5.41, 5.74) is 2.44. The van der Waals surface area contributed by atoms with E-state index in [9.17, 15) is 4.79 Å². The summed E-state index contributed by atoms with van der Waals surface area (Å²) in [5, 5.41) is 0. The number of hydrogen-bond acceptors (Lipinski definition) is 2. The minimum Gasteiger partial charge on any atom is -0.463 e. The zero-order chi connectivity index (χ0) is 11.3. The molecule has 1 saturated carbocycles. The molecule has 1 fully saturated rings. The molecule has 84 valence electrons. The highest BCUT2D eigenvalue weighted by atomic mass is 16.5. The van der Waals surface area contributed by atoms with Crippen molar-refractivity contribution in [2.24, 2.45) is 5.92 Å². The Labute approximate surface area is 92.0 Å². The van der Waals surface area contributed by atoms with Crippen LogP contribution in [0.15, 0.2) is 23.8 Å². The molecule has 0 aliphatic heterocycles. The van der Waals surface area contributed by atoms with Gasteiger partial charge >= 0.3 is 5.97 Å². The van der Waals surface area contributed by atoms with E-state index in [1.807, 2.05) is 6.92 Å². The Bertz CT molecular complexity index is 276. The van der Waals surface area contributed by atoms with Crippen molar-refractivity contribution in [1.29, 1.82) is 0 Å². The third-order valence-electron chi connectivity index (χ3n) is 2.86. The van der Waals surface area contributed by atoms with Crippen molar-refractivity contribution in [3.05, 3.63) is 23.8 Å². The van der Waals surface area contributed by atoms with Gasteiger partial charge in [0.25, 0.3) is 0 Å². The normalized spacial score (nSPS) is 23.9. The van der Waals surface area contributed by atoms with Crippen LogP contribution in [0.2, 0.25) is 0 Å². The van der Waals surface area contributed by atoms with Crippen LogP contribution < -0.4 is 0 Å². The predicted molar refractivity (Wildman–Crippen MR) is 61.5 cm³/mol. The van der Waals surface area contributed by atoms with Crippen LogP contribution >= 0.6 is 0 Å². The van der Waals surface area contributed by atoms with Gasteiger partial charge in [0, 0.05) is 6.08 Å². The molecule has 0 spiro atoms. The first-order valence-electron chi connectivity index (χ1n) is 5.65. The van der Waals surface area contributed by atoms with E-state index >= 15 is 0 Å². The van der Waals surface area contributed by atoms with Gasteiger partial charge < -0.3 is 4.74 Å². The number of ether oxygens (including phenoxy) is 1. The maximum absolute atomic E-state index is 11.3. The second kappa shape index (κ2) is 5.74. The average Bonchev–Trinajstić information content (AvgIpc) is 2.18. The molecule has 0 heterocycles. The van der Waals surface area contributed by atoms with Crippen LogP contribution in [0.4, 0.5) is 0 Å². The predicted octanol–water partition coefficient (Wildman–Crippen LogP) is 3.24. The van der Waals surface area contributed by atoms with E-state index < -0.39 is 0 Å². The van der Waals surface area contributed by atoms with Gasteiger partial charge in [0.05, 0.1) is 6.61 Å². The first-order chi connectivity index (χ1) is 7.13. The summed E-state index contributed by atoms with van der Waals surface area (Å²) in [6, 6.07) is 0. The van der Waals surface area contributed by atoms with Crippen LogP contribution in [0.1, 0.15) is 39.5 Å². The number of rotatable bonds is 3. The summed E-state index contributed by atoms with van der Waals surface area (Å²) in [7, 11) is 0. The Balaban J connectivity index is 2.55. The highest BCUT2D eigenvalue weighted by molar-refractivity contribution is 5.82. The summed E-state index contributed by atoms with van der Waals surface area (Å²) >= 11 is 0. The quantitative estimate of drug-likeness (QED) is 0.404. The van der Waals surface area contributed by atoms with Gasteiger partial charge in [0.1, 0.15) is 0 Å². The van der Waals surface area contributed by atoms with Crippen molar-refractivity contribution >= 4 is 5.97 Å². The van der Waals surface area contributed by atoms with E-state index in [1.165, 1.54) is 17.6 Å². The van der Waals surface area contributed by atoms with Crippen LogP contribution in [0.5, 0.6) is 0 Å². The zero-order valence-corrected chi connectivity index (χ0v) is 9.71. The standard InChI is InChI=1S/C13H20O2/c1-4-15-13(14)9-11-6-5-7-12(8-11)10(2)3/h9,12H,2,4-8H2,1,3H3/b11-9-. The molecule has 0 aromatic carbocycles. The van der Waals surface area contributed by atoms with Gasteiger partial charge in [-0.25, -0.2) is 4.79 Å². The van der Waals surface area contributed by atoms with E-state index in [2.05, 4.69) is 13.5 Å². The monoisotopic (exact) mass is 208 g/mol. The molecule has 1 atom stereocenters. The Morgan fingerprint density at radius 2 is 2.40 bits per heavy atom. The Hall–Kier alpha value is -1.05. The molecule has 0 aromatic rings. The second-order valence-corrected chi connectivity index (χ2v) is 4.19. The summed E-state index contributed by atoms with van der Waals surface area (Å²) in [5.74, 6) is 0.356. The van der Waals surface area contributed by atoms with Crippen molar-refractivity contribution in [2.45, 2.75) is 39.5 Å². The third kappa shape index (κ3) is 3.90. The highest BCUT2D eigenvalue weighted by Gasteiger charge is 2.18. The zero-order valence-electron chi connectivity index (χ0n) is 9.71. The number of allylic oxidation sites excluding steroid dienone is 2. The molecule has 2 heteroatoms. The van der Waals surface area contributed by atoms with Gasteiger partial charge in [-0.1, -0.05) is 17.7 Å². The highest BCUT2D eigenvalue weighted by Crippen LogP contribution is 2.32. The van der Waals surface area contributed by atoms with Crippen LogP contribution in [0.3, 0.4) is 0 Å². The summed E-state index contributed by atoms with van der Waals surface area (Å²) in [6.45, 7) is 8.33. The maximum Gasteiger partial charge on any atom is 0.330 e. The molecule has 1 unspecified atom stereocenters. The van der Waals surface area contributed by atoms with Crippen molar-refractivity contribution in [1.82, 2.24) is 0 Å². The fraction of sp³-hybridized carbons (Fsp3) is 0.615. The number of esters is 1. The number of carbonyl (C=O) groups excluding carboxylic acids is 1.